The predicted molar refractivity (Wildman–Crippen MR) is 79.9 cm³/mol. The zero-order chi connectivity index (χ0) is 18.6. The molecule has 2 rings (SSSR count). The van der Waals surface area contributed by atoms with Crippen molar-refractivity contribution < 1.29 is 24.9 Å². The topological polar surface area (TPSA) is 55.8 Å². The van der Waals surface area contributed by atoms with Crippen LogP contribution in [0.4, 0.5) is 0 Å². The van der Waals surface area contributed by atoms with E-state index in [2.05, 4.69) is 6.92 Å². The van der Waals surface area contributed by atoms with Crippen LogP contribution in [0.25, 0.3) is 0 Å². The molecule has 0 unspecified atom stereocenters. The van der Waals surface area contributed by atoms with Gasteiger partial charge in [0.1, 0.15) is 17.2 Å². The Labute approximate surface area is 129 Å². The molecule has 0 spiro atoms. The summed E-state index contributed by atoms with van der Waals surface area (Å²) >= 11 is 0. The van der Waals surface area contributed by atoms with Crippen LogP contribution in [0.15, 0.2) is 48.4 Å². The maximum Gasteiger partial charge on any atom is 0.343 e. The number of phenolic OH excluding ortho intramolecular Hbond substituents is 1. The fraction of sp³-hybridized carbons (Fsp3) is 0.235. The van der Waals surface area contributed by atoms with Crippen molar-refractivity contribution in [3.05, 3.63) is 54.0 Å². The van der Waals surface area contributed by atoms with Crippen molar-refractivity contribution in [3.63, 3.8) is 0 Å². The second-order valence-corrected chi connectivity index (χ2v) is 4.29. The van der Waals surface area contributed by atoms with Gasteiger partial charge in [-0.3, -0.25) is 0 Å². The van der Waals surface area contributed by atoms with Crippen molar-refractivity contribution in [2.24, 2.45) is 0 Å². The molecule has 21 heavy (non-hydrogen) atoms. The highest BCUT2D eigenvalue weighted by molar-refractivity contribution is 5.91. The minimum absolute atomic E-state index is 0.174. The van der Waals surface area contributed by atoms with Crippen LogP contribution >= 0.6 is 0 Å². The van der Waals surface area contributed by atoms with E-state index in [-0.39, 0.29) is 5.56 Å². The summed E-state index contributed by atoms with van der Waals surface area (Å²) in [6, 6.07) is 3.63. The Morgan fingerprint density at radius 3 is 2.43 bits per heavy atom. The first-order valence-electron chi connectivity index (χ1n) is 8.61. The molecule has 4 heteroatoms. The first-order chi connectivity index (χ1) is 11.9. The Morgan fingerprint density at radius 2 is 1.81 bits per heavy atom. The van der Waals surface area contributed by atoms with Gasteiger partial charge in [0.15, 0.2) is 0 Å². The van der Waals surface area contributed by atoms with Crippen LogP contribution in [-0.4, -0.2) is 17.7 Å². The monoisotopic (exact) mass is 290 g/mol. The van der Waals surface area contributed by atoms with E-state index in [0.717, 1.165) is 12.8 Å². The Hall–Kier alpha value is -2.49. The third-order valence-electron chi connectivity index (χ3n) is 2.64. The number of esters is 1. The van der Waals surface area contributed by atoms with E-state index in [1.807, 2.05) is 0 Å². The first-order valence-corrected chi connectivity index (χ1v) is 6.61. The van der Waals surface area contributed by atoms with Gasteiger partial charge in [0, 0.05) is 0 Å². The molecule has 0 heterocycles. The minimum atomic E-state index is -0.827. The van der Waals surface area contributed by atoms with E-state index in [0.29, 0.717) is 12.4 Å². The summed E-state index contributed by atoms with van der Waals surface area (Å²) in [6.07, 6.45) is 1.94. The maximum atomic E-state index is 12.2. The molecular formula is C17H18O4. The van der Waals surface area contributed by atoms with E-state index < -0.39 is 41.6 Å². The van der Waals surface area contributed by atoms with Crippen LogP contribution < -0.4 is 9.47 Å². The highest BCUT2D eigenvalue weighted by atomic mass is 16.5. The van der Waals surface area contributed by atoms with Crippen LogP contribution in [0.1, 0.15) is 35.6 Å². The summed E-state index contributed by atoms with van der Waals surface area (Å²) in [5.41, 5.74) is 0.174. The number of benzene rings is 2. The predicted octanol–water partition coefficient (Wildman–Crippen LogP) is 3.79. The standard InChI is InChI=1S/C17H18O4/c1-2-3-12-20-15-8-4-13(5-9-15)17(19)21-16-10-6-14(18)7-11-16/h4-11,18H,2-3,12H2,1H3/i6D,7D,10D,11D. The Balaban J connectivity index is 2.18. The minimum Gasteiger partial charge on any atom is -0.508 e. The fourth-order valence-electron chi connectivity index (χ4n) is 1.52. The van der Waals surface area contributed by atoms with Crippen molar-refractivity contribution in [1.29, 1.82) is 0 Å². The van der Waals surface area contributed by atoms with Crippen molar-refractivity contribution in [1.82, 2.24) is 0 Å². The second kappa shape index (κ2) is 7.33. The van der Waals surface area contributed by atoms with Gasteiger partial charge < -0.3 is 14.6 Å². The fourth-order valence-corrected chi connectivity index (χ4v) is 1.52. The molecule has 4 nitrogen and oxygen atoms in total. The SMILES string of the molecule is [2H]c1c([2H])c(OC(=O)c2ccc(OCCCC)cc2)c([2H])c([2H])c1O. The lowest BCUT2D eigenvalue weighted by Crippen LogP contribution is -2.08. The number of ether oxygens (including phenoxy) is 2. The van der Waals surface area contributed by atoms with E-state index in [4.69, 9.17) is 15.0 Å². The molecule has 110 valence electrons. The Kier molecular flexibility index (Phi) is 3.59. The summed E-state index contributed by atoms with van der Waals surface area (Å²) in [5.74, 6) is -1.53. The number of carbonyl (C=O) groups excluding carboxylic acids is 1. The van der Waals surface area contributed by atoms with Crippen LogP contribution in [0.5, 0.6) is 17.2 Å². The van der Waals surface area contributed by atoms with Crippen LogP contribution in [0.3, 0.4) is 0 Å². The molecule has 1 N–H and O–H groups in total. The number of aromatic hydroxyl groups is 1. The second-order valence-electron chi connectivity index (χ2n) is 4.29. The number of rotatable bonds is 6. The molecule has 0 radical (unpaired) electrons. The molecule has 0 fully saturated rings. The van der Waals surface area contributed by atoms with Gasteiger partial charge >= 0.3 is 5.97 Å². The zero-order valence-electron chi connectivity index (χ0n) is 15.6. The number of carbonyl (C=O) groups is 1. The molecule has 0 saturated carbocycles. The normalized spacial score (nSPS) is 12.8. The van der Waals surface area contributed by atoms with Crippen molar-refractivity contribution in [2.75, 3.05) is 6.61 Å². The van der Waals surface area contributed by atoms with E-state index in [1.54, 1.807) is 12.1 Å². The van der Waals surface area contributed by atoms with Gasteiger partial charge in [-0.25, -0.2) is 4.79 Å². The molecule has 0 atom stereocenters. The number of phenols is 1. The Bertz CT molecular complexity index is 746. The van der Waals surface area contributed by atoms with Gasteiger partial charge in [0.2, 0.25) is 0 Å². The third-order valence-corrected chi connectivity index (χ3v) is 2.64. The number of unbranched alkanes of at least 4 members (excludes halogenated alkanes) is 1. The Morgan fingerprint density at radius 1 is 1.14 bits per heavy atom. The average molecular weight is 290 g/mol. The van der Waals surface area contributed by atoms with Gasteiger partial charge in [-0.05, 0) is 54.9 Å². The summed E-state index contributed by atoms with van der Waals surface area (Å²) in [4.78, 5) is 12.2. The lowest BCUT2D eigenvalue weighted by molar-refractivity contribution is 0.0734. The van der Waals surface area contributed by atoms with Gasteiger partial charge in [-0.1, -0.05) is 13.3 Å². The van der Waals surface area contributed by atoms with Gasteiger partial charge in [0.25, 0.3) is 0 Å². The molecule has 2 aromatic carbocycles. The smallest absolute Gasteiger partial charge is 0.343 e. The number of hydrogen-bond donors (Lipinski definition) is 1. The molecule has 0 aliphatic rings. The molecule has 0 bridgehead atoms. The molecule has 2 aromatic rings. The number of hydrogen-bond acceptors (Lipinski definition) is 4. The van der Waals surface area contributed by atoms with Crippen molar-refractivity contribution in [2.45, 2.75) is 19.8 Å². The van der Waals surface area contributed by atoms with E-state index in [9.17, 15) is 9.90 Å². The van der Waals surface area contributed by atoms with Crippen LogP contribution in [0.2, 0.25) is 0 Å². The van der Waals surface area contributed by atoms with Gasteiger partial charge in [0.05, 0.1) is 17.7 Å². The van der Waals surface area contributed by atoms with Gasteiger partial charge in [-0.2, -0.15) is 0 Å². The summed E-state index contributed by atoms with van der Waals surface area (Å²) in [5, 5.41) is 9.49. The first kappa shape index (κ1) is 10.3. The quantitative estimate of drug-likeness (QED) is 0.499. The third kappa shape index (κ3) is 4.53. The average Bonchev–Trinajstić information content (AvgIpc) is 2.62. The lowest BCUT2D eigenvalue weighted by atomic mass is 10.2. The summed E-state index contributed by atoms with van der Waals surface area (Å²) in [6.45, 7) is 2.63. The highest BCUT2D eigenvalue weighted by Crippen LogP contribution is 2.18. The highest BCUT2D eigenvalue weighted by Gasteiger charge is 2.08. The molecule has 0 aliphatic carbocycles. The molecule has 0 saturated heterocycles. The molecule has 0 amide bonds. The van der Waals surface area contributed by atoms with Crippen molar-refractivity contribution >= 4 is 5.97 Å². The summed E-state index contributed by atoms with van der Waals surface area (Å²) < 4.78 is 41.0. The summed E-state index contributed by atoms with van der Waals surface area (Å²) in [7, 11) is 0. The largest absolute Gasteiger partial charge is 0.508 e. The van der Waals surface area contributed by atoms with E-state index in [1.165, 1.54) is 12.1 Å². The lowest BCUT2D eigenvalue weighted by Gasteiger charge is -2.07. The van der Waals surface area contributed by atoms with E-state index >= 15 is 0 Å². The maximum absolute atomic E-state index is 12.2. The zero-order valence-corrected chi connectivity index (χ0v) is 11.6. The van der Waals surface area contributed by atoms with Crippen molar-refractivity contribution in [3.8, 4) is 17.2 Å². The van der Waals surface area contributed by atoms with Gasteiger partial charge in [-0.15, -0.1) is 0 Å². The molecule has 0 aromatic heterocycles. The molecule has 0 aliphatic heterocycles. The van der Waals surface area contributed by atoms with Crippen LogP contribution in [0, 0.1) is 0 Å². The molecular weight excluding hydrogens is 268 g/mol. The van der Waals surface area contributed by atoms with Crippen LogP contribution in [-0.2, 0) is 0 Å².